The van der Waals surface area contributed by atoms with Crippen molar-refractivity contribution in [3.05, 3.63) is 28.5 Å². The van der Waals surface area contributed by atoms with Crippen molar-refractivity contribution in [1.29, 1.82) is 0 Å². The number of pyridine rings is 1. The Balaban J connectivity index is 3.01. The molecule has 0 aliphatic heterocycles. The van der Waals surface area contributed by atoms with E-state index >= 15 is 0 Å². The van der Waals surface area contributed by atoms with E-state index in [4.69, 9.17) is 17.3 Å². The minimum absolute atomic E-state index is 0.404. The maximum absolute atomic E-state index is 9.27. The Labute approximate surface area is 82.5 Å². The predicted octanol–water partition coefficient (Wildman–Crippen LogP) is 1.42. The van der Waals surface area contributed by atoms with Gasteiger partial charge in [-0.25, -0.2) is 4.98 Å². The summed E-state index contributed by atoms with van der Waals surface area (Å²) in [4.78, 5) is 4.00. The zero-order chi connectivity index (χ0) is 10.0. The Morgan fingerprint density at radius 3 is 2.62 bits per heavy atom. The number of hydrogen-bond acceptors (Lipinski definition) is 3. The van der Waals surface area contributed by atoms with Gasteiger partial charge < -0.3 is 10.8 Å². The summed E-state index contributed by atoms with van der Waals surface area (Å²) in [5, 5.41) is 9.68. The van der Waals surface area contributed by atoms with Gasteiger partial charge in [0.25, 0.3) is 0 Å². The Hall–Kier alpha value is -0.640. The SMILES string of the molecule is Cc1cc(C(N)C(C)O)cc(Cl)n1. The van der Waals surface area contributed by atoms with E-state index in [1.165, 1.54) is 0 Å². The van der Waals surface area contributed by atoms with Crippen LogP contribution in [0.2, 0.25) is 5.15 Å². The van der Waals surface area contributed by atoms with Gasteiger partial charge in [-0.1, -0.05) is 11.6 Å². The lowest BCUT2D eigenvalue weighted by atomic mass is 10.0. The first-order chi connectivity index (χ1) is 6.00. The predicted molar refractivity (Wildman–Crippen MR) is 52.6 cm³/mol. The first kappa shape index (κ1) is 10.4. The molecule has 13 heavy (non-hydrogen) atoms. The van der Waals surface area contributed by atoms with E-state index in [0.717, 1.165) is 11.3 Å². The lowest BCUT2D eigenvalue weighted by molar-refractivity contribution is 0.164. The Bertz CT molecular complexity index is 281. The summed E-state index contributed by atoms with van der Waals surface area (Å²) < 4.78 is 0. The number of halogens is 1. The molecule has 0 amide bonds. The summed E-state index contributed by atoms with van der Waals surface area (Å²) in [5.41, 5.74) is 7.36. The molecule has 1 aromatic heterocycles. The zero-order valence-corrected chi connectivity index (χ0v) is 8.42. The molecule has 2 unspecified atom stereocenters. The van der Waals surface area contributed by atoms with Crippen LogP contribution in [0.25, 0.3) is 0 Å². The number of rotatable bonds is 2. The van der Waals surface area contributed by atoms with E-state index in [2.05, 4.69) is 4.98 Å². The lowest BCUT2D eigenvalue weighted by Gasteiger charge is -2.15. The molecular formula is C9H13ClN2O. The van der Waals surface area contributed by atoms with Crippen LogP contribution in [0.1, 0.15) is 24.2 Å². The van der Waals surface area contributed by atoms with Gasteiger partial charge in [0.05, 0.1) is 12.1 Å². The van der Waals surface area contributed by atoms with Gasteiger partial charge in [-0.15, -0.1) is 0 Å². The van der Waals surface area contributed by atoms with Crippen LogP contribution in [0.15, 0.2) is 12.1 Å². The van der Waals surface area contributed by atoms with Gasteiger partial charge in [0.1, 0.15) is 5.15 Å². The van der Waals surface area contributed by atoms with Crippen molar-refractivity contribution in [2.45, 2.75) is 26.0 Å². The average molecular weight is 201 g/mol. The molecule has 3 N–H and O–H groups in total. The smallest absolute Gasteiger partial charge is 0.129 e. The molecule has 3 nitrogen and oxygen atoms in total. The van der Waals surface area contributed by atoms with Crippen LogP contribution < -0.4 is 5.73 Å². The van der Waals surface area contributed by atoms with E-state index in [0.29, 0.717) is 5.15 Å². The highest BCUT2D eigenvalue weighted by Crippen LogP contribution is 2.18. The van der Waals surface area contributed by atoms with Gasteiger partial charge in [0, 0.05) is 5.69 Å². The molecule has 0 spiro atoms. The molecule has 0 aromatic carbocycles. The van der Waals surface area contributed by atoms with E-state index in [9.17, 15) is 5.11 Å². The molecule has 0 saturated heterocycles. The maximum atomic E-state index is 9.27. The molecular weight excluding hydrogens is 188 g/mol. The second kappa shape index (κ2) is 4.05. The van der Waals surface area contributed by atoms with Crippen LogP contribution in [-0.4, -0.2) is 16.2 Å². The second-order valence-corrected chi connectivity index (χ2v) is 3.52. The van der Waals surface area contributed by atoms with Crippen molar-refractivity contribution in [2.75, 3.05) is 0 Å². The van der Waals surface area contributed by atoms with E-state index in [1.807, 2.05) is 13.0 Å². The normalized spacial score (nSPS) is 15.5. The first-order valence-electron chi connectivity index (χ1n) is 4.08. The molecule has 0 fully saturated rings. The molecule has 0 aliphatic rings. The summed E-state index contributed by atoms with van der Waals surface area (Å²) in [7, 11) is 0. The van der Waals surface area contributed by atoms with Crippen molar-refractivity contribution in [3.63, 3.8) is 0 Å². The molecule has 2 atom stereocenters. The Morgan fingerprint density at radius 2 is 2.15 bits per heavy atom. The van der Waals surface area contributed by atoms with Crippen LogP contribution in [0.3, 0.4) is 0 Å². The van der Waals surface area contributed by atoms with Crippen molar-refractivity contribution < 1.29 is 5.11 Å². The second-order valence-electron chi connectivity index (χ2n) is 3.13. The fourth-order valence-corrected chi connectivity index (χ4v) is 1.38. The average Bonchev–Trinajstić information content (AvgIpc) is 2.01. The zero-order valence-electron chi connectivity index (χ0n) is 7.66. The number of hydrogen-bond donors (Lipinski definition) is 2. The van der Waals surface area contributed by atoms with E-state index < -0.39 is 12.1 Å². The molecule has 0 saturated carbocycles. The molecule has 1 rings (SSSR count). The van der Waals surface area contributed by atoms with Crippen molar-refractivity contribution in [2.24, 2.45) is 5.73 Å². The number of nitrogens with zero attached hydrogens (tertiary/aromatic N) is 1. The standard InChI is InChI=1S/C9H13ClN2O/c1-5-3-7(4-8(10)12-5)9(11)6(2)13/h3-4,6,9,13H,11H2,1-2H3. The maximum Gasteiger partial charge on any atom is 0.129 e. The first-order valence-corrected chi connectivity index (χ1v) is 4.46. The number of aromatic nitrogens is 1. The minimum atomic E-state index is -0.585. The third kappa shape index (κ3) is 2.66. The number of aryl methyl sites for hydroxylation is 1. The number of aliphatic hydroxyl groups is 1. The molecule has 72 valence electrons. The molecule has 4 heteroatoms. The molecule has 0 bridgehead atoms. The minimum Gasteiger partial charge on any atom is -0.391 e. The highest BCUT2D eigenvalue weighted by molar-refractivity contribution is 6.29. The lowest BCUT2D eigenvalue weighted by Crippen LogP contribution is -2.23. The van der Waals surface area contributed by atoms with Gasteiger partial charge >= 0.3 is 0 Å². The van der Waals surface area contributed by atoms with Crippen LogP contribution >= 0.6 is 11.6 Å². The summed E-state index contributed by atoms with van der Waals surface area (Å²) >= 11 is 5.75. The summed E-state index contributed by atoms with van der Waals surface area (Å²) in [6.07, 6.45) is -0.585. The summed E-state index contributed by atoms with van der Waals surface area (Å²) in [5.74, 6) is 0. The van der Waals surface area contributed by atoms with Crippen molar-refractivity contribution >= 4 is 11.6 Å². The van der Waals surface area contributed by atoms with Gasteiger partial charge in [0.15, 0.2) is 0 Å². The van der Waals surface area contributed by atoms with Gasteiger partial charge in [-0.2, -0.15) is 0 Å². The van der Waals surface area contributed by atoms with Crippen molar-refractivity contribution in [1.82, 2.24) is 4.98 Å². The fraction of sp³-hybridized carbons (Fsp3) is 0.444. The summed E-state index contributed by atoms with van der Waals surface area (Å²) in [6.45, 7) is 3.48. The molecule has 0 radical (unpaired) electrons. The highest BCUT2D eigenvalue weighted by Gasteiger charge is 2.12. The monoisotopic (exact) mass is 200 g/mol. The van der Waals surface area contributed by atoms with Gasteiger partial charge in [0.2, 0.25) is 0 Å². The Kier molecular flexibility index (Phi) is 3.25. The fourth-order valence-electron chi connectivity index (χ4n) is 1.12. The van der Waals surface area contributed by atoms with Crippen LogP contribution in [0.4, 0.5) is 0 Å². The van der Waals surface area contributed by atoms with Crippen LogP contribution in [-0.2, 0) is 0 Å². The molecule has 1 aromatic rings. The Morgan fingerprint density at radius 1 is 1.54 bits per heavy atom. The highest BCUT2D eigenvalue weighted by atomic mass is 35.5. The quantitative estimate of drug-likeness (QED) is 0.710. The summed E-state index contributed by atoms with van der Waals surface area (Å²) in [6, 6.07) is 3.09. The molecule has 0 aliphatic carbocycles. The van der Waals surface area contributed by atoms with Gasteiger partial charge in [-0.05, 0) is 31.5 Å². The van der Waals surface area contributed by atoms with E-state index in [1.54, 1.807) is 13.0 Å². The largest absolute Gasteiger partial charge is 0.391 e. The number of nitrogens with two attached hydrogens (primary N) is 1. The topological polar surface area (TPSA) is 59.1 Å². The van der Waals surface area contributed by atoms with Crippen molar-refractivity contribution in [3.8, 4) is 0 Å². The third-order valence-corrected chi connectivity index (χ3v) is 2.04. The van der Waals surface area contributed by atoms with Gasteiger partial charge in [-0.3, -0.25) is 0 Å². The number of aliphatic hydroxyl groups excluding tert-OH is 1. The third-order valence-electron chi connectivity index (χ3n) is 1.85. The molecule has 1 heterocycles. The van der Waals surface area contributed by atoms with E-state index in [-0.39, 0.29) is 0 Å². The van der Waals surface area contributed by atoms with Crippen LogP contribution in [0.5, 0.6) is 0 Å². The van der Waals surface area contributed by atoms with Crippen LogP contribution in [0, 0.1) is 6.92 Å².